The fourth-order valence-electron chi connectivity index (χ4n) is 1.76. The van der Waals surface area contributed by atoms with Gasteiger partial charge in [0.25, 0.3) is 5.92 Å². The first-order valence-corrected chi connectivity index (χ1v) is 5.01. The number of hydrogen-bond donors (Lipinski definition) is 3. The molecular formula is C9H18F2N2O. The van der Waals surface area contributed by atoms with Gasteiger partial charge in [0.05, 0.1) is 6.54 Å². The summed E-state index contributed by atoms with van der Waals surface area (Å²) >= 11 is 0. The standard InChI is InChI=1S/C9H18F2N2O/c10-9(11,6-14)5-13-8-3-1-2-7(12)4-8/h7-8,13-14H,1-6,12H2. The zero-order chi connectivity index (χ0) is 10.6. The molecule has 1 aliphatic carbocycles. The van der Waals surface area contributed by atoms with Gasteiger partial charge >= 0.3 is 0 Å². The van der Waals surface area contributed by atoms with Crippen LogP contribution in [0.5, 0.6) is 0 Å². The summed E-state index contributed by atoms with van der Waals surface area (Å²) in [6.45, 7) is -1.56. The minimum atomic E-state index is -3.01. The number of hydrogen-bond acceptors (Lipinski definition) is 3. The van der Waals surface area contributed by atoms with E-state index >= 15 is 0 Å². The van der Waals surface area contributed by atoms with Crippen LogP contribution in [-0.4, -0.2) is 36.3 Å². The molecule has 1 rings (SSSR count). The number of alkyl halides is 2. The molecule has 0 heterocycles. The van der Waals surface area contributed by atoms with E-state index in [0.29, 0.717) is 0 Å². The molecule has 0 aromatic carbocycles. The smallest absolute Gasteiger partial charge is 0.282 e. The van der Waals surface area contributed by atoms with Crippen molar-refractivity contribution in [2.75, 3.05) is 13.2 Å². The summed E-state index contributed by atoms with van der Waals surface area (Å²) in [5, 5.41) is 11.1. The topological polar surface area (TPSA) is 58.3 Å². The molecule has 0 aromatic rings. The first-order chi connectivity index (χ1) is 6.53. The van der Waals surface area contributed by atoms with Crippen LogP contribution in [0.2, 0.25) is 0 Å². The van der Waals surface area contributed by atoms with Gasteiger partial charge in [-0.25, -0.2) is 8.78 Å². The summed E-state index contributed by atoms with van der Waals surface area (Å²) in [6.07, 6.45) is 3.62. The van der Waals surface area contributed by atoms with Gasteiger partial charge in [0.15, 0.2) is 0 Å². The zero-order valence-corrected chi connectivity index (χ0v) is 8.18. The molecule has 1 fully saturated rings. The predicted octanol–water partition coefficient (Wildman–Crippen LogP) is 0.473. The maximum atomic E-state index is 12.7. The third kappa shape index (κ3) is 3.86. The van der Waals surface area contributed by atoms with Gasteiger partial charge in [0.2, 0.25) is 0 Å². The van der Waals surface area contributed by atoms with Crippen molar-refractivity contribution in [3.63, 3.8) is 0 Å². The Morgan fingerprint density at radius 3 is 2.71 bits per heavy atom. The Hall–Kier alpha value is -0.260. The zero-order valence-electron chi connectivity index (χ0n) is 8.18. The molecule has 4 N–H and O–H groups in total. The largest absolute Gasteiger partial charge is 0.390 e. The number of halogens is 2. The van der Waals surface area contributed by atoms with Crippen molar-refractivity contribution in [3.05, 3.63) is 0 Å². The quantitative estimate of drug-likeness (QED) is 0.629. The number of nitrogens with one attached hydrogen (secondary N) is 1. The molecule has 5 heteroatoms. The van der Waals surface area contributed by atoms with Crippen LogP contribution in [0, 0.1) is 0 Å². The summed E-state index contributed by atoms with van der Waals surface area (Å²) in [4.78, 5) is 0. The van der Waals surface area contributed by atoms with Crippen molar-refractivity contribution in [2.24, 2.45) is 5.73 Å². The van der Waals surface area contributed by atoms with Crippen LogP contribution < -0.4 is 11.1 Å². The van der Waals surface area contributed by atoms with Gasteiger partial charge in [0.1, 0.15) is 6.61 Å². The third-order valence-electron chi connectivity index (χ3n) is 2.60. The highest BCUT2D eigenvalue weighted by Gasteiger charge is 2.29. The number of rotatable bonds is 4. The van der Waals surface area contributed by atoms with Crippen molar-refractivity contribution in [1.82, 2.24) is 5.32 Å². The molecule has 84 valence electrons. The van der Waals surface area contributed by atoms with Gasteiger partial charge < -0.3 is 16.2 Å². The van der Waals surface area contributed by atoms with Crippen molar-refractivity contribution in [2.45, 2.75) is 43.7 Å². The molecule has 2 unspecified atom stereocenters. The van der Waals surface area contributed by atoms with Crippen molar-refractivity contribution in [1.29, 1.82) is 0 Å². The Kier molecular flexibility index (Phi) is 4.22. The first kappa shape index (κ1) is 11.8. The highest BCUT2D eigenvalue weighted by Crippen LogP contribution is 2.18. The highest BCUT2D eigenvalue weighted by atomic mass is 19.3. The first-order valence-electron chi connectivity index (χ1n) is 5.01. The predicted molar refractivity (Wildman–Crippen MR) is 50.3 cm³/mol. The van der Waals surface area contributed by atoms with Crippen LogP contribution >= 0.6 is 0 Å². The van der Waals surface area contributed by atoms with Gasteiger partial charge in [-0.2, -0.15) is 0 Å². The van der Waals surface area contributed by atoms with E-state index in [0.717, 1.165) is 25.7 Å². The van der Waals surface area contributed by atoms with Gasteiger partial charge in [0, 0.05) is 12.1 Å². The normalized spacial score (nSPS) is 29.1. The van der Waals surface area contributed by atoms with E-state index < -0.39 is 19.1 Å². The molecule has 2 atom stereocenters. The maximum absolute atomic E-state index is 12.7. The van der Waals surface area contributed by atoms with E-state index in [-0.39, 0.29) is 12.1 Å². The summed E-state index contributed by atoms with van der Waals surface area (Å²) in [5.74, 6) is -3.01. The Morgan fingerprint density at radius 2 is 2.14 bits per heavy atom. The maximum Gasteiger partial charge on any atom is 0.282 e. The van der Waals surface area contributed by atoms with Gasteiger partial charge in [-0.15, -0.1) is 0 Å². The lowest BCUT2D eigenvalue weighted by Crippen LogP contribution is -2.45. The Morgan fingerprint density at radius 1 is 1.43 bits per heavy atom. The van der Waals surface area contributed by atoms with Crippen LogP contribution in [0.1, 0.15) is 25.7 Å². The molecule has 1 saturated carbocycles. The molecule has 0 radical (unpaired) electrons. The van der Waals surface area contributed by atoms with E-state index in [1.54, 1.807) is 0 Å². The minimum Gasteiger partial charge on any atom is -0.390 e. The fourth-order valence-corrected chi connectivity index (χ4v) is 1.76. The summed E-state index contributed by atoms with van der Waals surface area (Å²) in [5.41, 5.74) is 5.72. The Labute approximate surface area is 82.7 Å². The number of aliphatic hydroxyl groups excluding tert-OH is 1. The van der Waals surface area contributed by atoms with Crippen LogP contribution in [0.25, 0.3) is 0 Å². The Bertz CT molecular complexity index is 178. The third-order valence-corrected chi connectivity index (χ3v) is 2.60. The minimum absolute atomic E-state index is 0.0798. The van der Waals surface area contributed by atoms with Crippen LogP contribution in [0.15, 0.2) is 0 Å². The van der Waals surface area contributed by atoms with E-state index in [1.165, 1.54) is 0 Å². The molecule has 0 bridgehead atoms. The molecule has 0 aliphatic heterocycles. The summed E-state index contributed by atoms with van der Waals surface area (Å²) in [7, 11) is 0. The molecule has 0 amide bonds. The van der Waals surface area contributed by atoms with E-state index in [1.807, 2.05) is 0 Å². The second-order valence-electron chi connectivity index (χ2n) is 4.02. The highest BCUT2D eigenvalue weighted by molar-refractivity contribution is 4.81. The lowest BCUT2D eigenvalue weighted by molar-refractivity contribution is -0.0500. The van der Waals surface area contributed by atoms with Crippen molar-refractivity contribution < 1.29 is 13.9 Å². The van der Waals surface area contributed by atoms with E-state index in [2.05, 4.69) is 5.32 Å². The van der Waals surface area contributed by atoms with Gasteiger partial charge in [-0.05, 0) is 19.3 Å². The van der Waals surface area contributed by atoms with Crippen LogP contribution in [0.4, 0.5) is 8.78 Å². The molecule has 0 aromatic heterocycles. The molecule has 3 nitrogen and oxygen atoms in total. The summed E-state index contributed by atoms with van der Waals surface area (Å²) in [6, 6.07) is 0.208. The lowest BCUT2D eigenvalue weighted by atomic mass is 9.91. The molecule has 1 aliphatic rings. The Balaban J connectivity index is 2.23. The van der Waals surface area contributed by atoms with Crippen molar-refractivity contribution in [3.8, 4) is 0 Å². The van der Waals surface area contributed by atoms with Gasteiger partial charge in [-0.3, -0.25) is 0 Å². The second kappa shape index (κ2) is 5.00. The average molecular weight is 208 g/mol. The van der Waals surface area contributed by atoms with Crippen molar-refractivity contribution >= 4 is 0 Å². The molecule has 0 saturated heterocycles. The summed E-state index contributed by atoms with van der Waals surface area (Å²) < 4.78 is 25.3. The number of nitrogens with two attached hydrogens (primary N) is 1. The number of aliphatic hydroxyl groups is 1. The average Bonchev–Trinajstić information content (AvgIpc) is 2.15. The lowest BCUT2D eigenvalue weighted by Gasteiger charge is -2.28. The SMILES string of the molecule is NC1CCCC(NCC(F)(F)CO)C1. The van der Waals surface area contributed by atoms with Crippen LogP contribution in [-0.2, 0) is 0 Å². The van der Waals surface area contributed by atoms with Crippen LogP contribution in [0.3, 0.4) is 0 Å². The van der Waals surface area contributed by atoms with Gasteiger partial charge in [-0.1, -0.05) is 6.42 Å². The van der Waals surface area contributed by atoms with E-state index in [4.69, 9.17) is 10.8 Å². The monoisotopic (exact) mass is 208 g/mol. The van der Waals surface area contributed by atoms with E-state index in [9.17, 15) is 8.78 Å². The fraction of sp³-hybridized carbons (Fsp3) is 1.00. The second-order valence-corrected chi connectivity index (χ2v) is 4.02. The molecule has 0 spiro atoms. The molecular weight excluding hydrogens is 190 g/mol. The molecule has 14 heavy (non-hydrogen) atoms.